The molecule has 1 saturated heterocycles. The Kier molecular flexibility index (Phi) is 3.63. The molecular formula is C11H18N4OS. The van der Waals surface area contributed by atoms with Gasteiger partial charge in [-0.3, -0.25) is 4.79 Å². The molecule has 1 fully saturated rings. The molecule has 0 saturated carbocycles. The summed E-state index contributed by atoms with van der Waals surface area (Å²) in [5.74, 6) is 0.000694. The van der Waals surface area contributed by atoms with E-state index in [0.29, 0.717) is 10.8 Å². The van der Waals surface area contributed by atoms with Crippen LogP contribution in [0.2, 0.25) is 0 Å². The van der Waals surface area contributed by atoms with E-state index in [1.165, 1.54) is 11.3 Å². The van der Waals surface area contributed by atoms with Crippen LogP contribution in [0.5, 0.6) is 0 Å². The summed E-state index contributed by atoms with van der Waals surface area (Å²) in [6, 6.07) is 0.220. The van der Waals surface area contributed by atoms with Gasteiger partial charge in [0.1, 0.15) is 5.69 Å². The molecule has 0 aromatic carbocycles. The van der Waals surface area contributed by atoms with Gasteiger partial charge in [0.05, 0.1) is 0 Å². The zero-order valence-corrected chi connectivity index (χ0v) is 11.0. The second kappa shape index (κ2) is 5.01. The molecule has 5 nitrogen and oxygen atoms in total. The quantitative estimate of drug-likeness (QED) is 0.808. The lowest BCUT2D eigenvalue weighted by Crippen LogP contribution is -2.42. The average molecular weight is 254 g/mol. The molecule has 1 atom stereocenters. The molecule has 0 bridgehead atoms. The second-order valence-electron chi connectivity index (χ2n) is 4.53. The fraction of sp³-hybridized carbons (Fsp3) is 0.636. The molecular weight excluding hydrogens is 236 g/mol. The first kappa shape index (κ1) is 12.3. The van der Waals surface area contributed by atoms with E-state index < -0.39 is 0 Å². The van der Waals surface area contributed by atoms with Gasteiger partial charge in [-0.2, -0.15) is 0 Å². The van der Waals surface area contributed by atoms with E-state index in [4.69, 9.17) is 5.73 Å². The first-order valence-electron chi connectivity index (χ1n) is 5.78. The van der Waals surface area contributed by atoms with Gasteiger partial charge in [-0.15, -0.1) is 11.3 Å². The van der Waals surface area contributed by atoms with Crippen molar-refractivity contribution in [1.82, 2.24) is 14.8 Å². The van der Waals surface area contributed by atoms with Gasteiger partial charge in [-0.1, -0.05) is 0 Å². The van der Waals surface area contributed by atoms with E-state index in [1.54, 1.807) is 5.38 Å². The summed E-state index contributed by atoms with van der Waals surface area (Å²) >= 11 is 1.31. The predicted octanol–water partition coefficient (Wildman–Crippen LogP) is 0.891. The van der Waals surface area contributed by atoms with E-state index in [1.807, 2.05) is 4.90 Å². The Morgan fingerprint density at radius 1 is 1.59 bits per heavy atom. The van der Waals surface area contributed by atoms with E-state index >= 15 is 0 Å². The predicted molar refractivity (Wildman–Crippen MR) is 69.1 cm³/mol. The van der Waals surface area contributed by atoms with Crippen LogP contribution in [-0.4, -0.2) is 53.4 Å². The van der Waals surface area contributed by atoms with Crippen LogP contribution >= 0.6 is 11.3 Å². The van der Waals surface area contributed by atoms with Crippen LogP contribution in [0.25, 0.3) is 0 Å². The van der Waals surface area contributed by atoms with Crippen LogP contribution < -0.4 is 5.73 Å². The highest BCUT2D eigenvalue weighted by Crippen LogP contribution is 2.16. The fourth-order valence-electron chi connectivity index (χ4n) is 2.21. The SMILES string of the molecule is CC1CN(C)CCCN1C(=O)c1csc(N)n1. The summed E-state index contributed by atoms with van der Waals surface area (Å²) in [5, 5.41) is 2.19. The largest absolute Gasteiger partial charge is 0.375 e. The first-order valence-corrected chi connectivity index (χ1v) is 6.66. The zero-order valence-electron chi connectivity index (χ0n) is 10.2. The average Bonchev–Trinajstić information content (AvgIpc) is 2.62. The molecule has 0 spiro atoms. The van der Waals surface area contributed by atoms with Crippen molar-refractivity contribution < 1.29 is 4.79 Å². The lowest BCUT2D eigenvalue weighted by atomic mass is 10.2. The number of thiazole rings is 1. The van der Waals surface area contributed by atoms with Crippen LogP contribution in [0.4, 0.5) is 5.13 Å². The summed E-state index contributed by atoms with van der Waals surface area (Å²) in [6.45, 7) is 4.82. The van der Waals surface area contributed by atoms with Crippen LogP contribution in [0.3, 0.4) is 0 Å². The molecule has 1 amide bonds. The summed E-state index contributed by atoms with van der Waals surface area (Å²) < 4.78 is 0. The van der Waals surface area contributed by atoms with Crippen LogP contribution in [0.15, 0.2) is 5.38 Å². The Labute approximate surface area is 105 Å². The Morgan fingerprint density at radius 3 is 3.00 bits per heavy atom. The lowest BCUT2D eigenvalue weighted by Gasteiger charge is -2.27. The number of nitrogen functional groups attached to an aromatic ring is 1. The van der Waals surface area contributed by atoms with Crippen molar-refractivity contribution >= 4 is 22.4 Å². The molecule has 0 radical (unpaired) electrons. The number of carbonyl (C=O) groups excluding carboxylic acids is 1. The molecule has 1 unspecified atom stereocenters. The number of hydrogen-bond acceptors (Lipinski definition) is 5. The second-order valence-corrected chi connectivity index (χ2v) is 5.42. The van der Waals surface area contributed by atoms with E-state index in [-0.39, 0.29) is 11.9 Å². The van der Waals surface area contributed by atoms with Gasteiger partial charge in [-0.25, -0.2) is 4.98 Å². The molecule has 1 aromatic heterocycles. The molecule has 2 N–H and O–H groups in total. The fourth-order valence-corrected chi connectivity index (χ4v) is 2.74. The first-order chi connectivity index (χ1) is 8.08. The molecule has 2 heterocycles. The molecule has 94 valence electrons. The molecule has 1 aromatic rings. The summed E-state index contributed by atoms with van der Waals surface area (Å²) in [4.78, 5) is 20.5. The maximum Gasteiger partial charge on any atom is 0.273 e. The maximum atomic E-state index is 12.3. The lowest BCUT2D eigenvalue weighted by molar-refractivity contribution is 0.0691. The number of rotatable bonds is 1. The number of hydrogen-bond donors (Lipinski definition) is 1. The van der Waals surface area contributed by atoms with Crippen molar-refractivity contribution in [2.24, 2.45) is 0 Å². The highest BCUT2D eigenvalue weighted by molar-refractivity contribution is 7.13. The van der Waals surface area contributed by atoms with Crippen LogP contribution in [0.1, 0.15) is 23.8 Å². The number of likely N-dealkylation sites (N-methyl/N-ethyl adjacent to an activating group) is 1. The molecule has 1 aliphatic rings. The Balaban J connectivity index is 2.12. The van der Waals surface area contributed by atoms with Gasteiger partial charge in [0.15, 0.2) is 5.13 Å². The monoisotopic (exact) mass is 254 g/mol. The van der Waals surface area contributed by atoms with Gasteiger partial charge in [0.25, 0.3) is 5.91 Å². The summed E-state index contributed by atoms with van der Waals surface area (Å²) in [6.07, 6.45) is 1.01. The van der Waals surface area contributed by atoms with Gasteiger partial charge in [-0.05, 0) is 26.9 Å². The zero-order chi connectivity index (χ0) is 12.4. The Hall–Kier alpha value is -1.14. The molecule has 17 heavy (non-hydrogen) atoms. The van der Waals surface area contributed by atoms with Crippen LogP contribution in [0, 0.1) is 0 Å². The van der Waals surface area contributed by atoms with Crippen molar-refractivity contribution in [3.05, 3.63) is 11.1 Å². The molecule has 6 heteroatoms. The smallest absolute Gasteiger partial charge is 0.273 e. The molecule has 0 aliphatic carbocycles. The summed E-state index contributed by atoms with van der Waals surface area (Å²) in [7, 11) is 2.09. The number of nitrogens with zero attached hydrogens (tertiary/aromatic N) is 3. The Morgan fingerprint density at radius 2 is 2.35 bits per heavy atom. The Bertz CT molecular complexity index is 406. The minimum Gasteiger partial charge on any atom is -0.375 e. The van der Waals surface area contributed by atoms with Crippen molar-refractivity contribution in [1.29, 1.82) is 0 Å². The minimum absolute atomic E-state index is 0.000694. The van der Waals surface area contributed by atoms with Crippen molar-refractivity contribution in [3.63, 3.8) is 0 Å². The normalized spacial score (nSPS) is 22.5. The van der Waals surface area contributed by atoms with E-state index in [9.17, 15) is 4.79 Å². The van der Waals surface area contributed by atoms with Gasteiger partial charge in [0.2, 0.25) is 0 Å². The topological polar surface area (TPSA) is 62.5 Å². The molecule has 1 aliphatic heterocycles. The van der Waals surface area contributed by atoms with Gasteiger partial charge >= 0.3 is 0 Å². The van der Waals surface area contributed by atoms with Crippen molar-refractivity contribution in [2.75, 3.05) is 32.4 Å². The van der Waals surface area contributed by atoms with Crippen molar-refractivity contribution in [2.45, 2.75) is 19.4 Å². The maximum absolute atomic E-state index is 12.3. The third-order valence-electron chi connectivity index (χ3n) is 3.05. The van der Waals surface area contributed by atoms with E-state index in [2.05, 4.69) is 23.9 Å². The van der Waals surface area contributed by atoms with Gasteiger partial charge < -0.3 is 15.5 Å². The van der Waals surface area contributed by atoms with Gasteiger partial charge in [0, 0.05) is 24.5 Å². The number of aromatic nitrogens is 1. The van der Waals surface area contributed by atoms with Crippen molar-refractivity contribution in [3.8, 4) is 0 Å². The number of amides is 1. The number of nitrogens with two attached hydrogens (primary N) is 1. The minimum atomic E-state index is 0.000694. The number of carbonyl (C=O) groups is 1. The highest BCUT2D eigenvalue weighted by Gasteiger charge is 2.26. The standard InChI is InChI=1S/C11H18N4OS/c1-8-6-14(2)4-3-5-15(8)10(16)9-7-17-11(12)13-9/h7-8H,3-6H2,1-2H3,(H2,12,13). The van der Waals surface area contributed by atoms with Crippen LogP contribution in [-0.2, 0) is 0 Å². The highest BCUT2D eigenvalue weighted by atomic mass is 32.1. The van der Waals surface area contributed by atoms with E-state index in [0.717, 1.165) is 26.1 Å². The third kappa shape index (κ3) is 2.76. The summed E-state index contributed by atoms with van der Waals surface area (Å²) in [5.41, 5.74) is 6.04. The third-order valence-corrected chi connectivity index (χ3v) is 3.72. The molecule has 2 rings (SSSR count). The number of anilines is 1.